The lowest BCUT2D eigenvalue weighted by atomic mass is 10.1. The van der Waals surface area contributed by atoms with Gasteiger partial charge in [-0.15, -0.1) is 0 Å². The standard InChI is InChI=1S/C16H9Cl2F3O/c17-13-7-11(8-14(18)9-13)15(22)6-3-10-1-4-12(5-2-10)16(19,20)21/h1-9H. The lowest BCUT2D eigenvalue weighted by Gasteiger charge is -2.05. The van der Waals surface area contributed by atoms with Gasteiger partial charge in [-0.05, 0) is 42.0 Å². The Morgan fingerprint density at radius 3 is 2.00 bits per heavy atom. The molecule has 22 heavy (non-hydrogen) atoms. The van der Waals surface area contributed by atoms with E-state index in [4.69, 9.17) is 23.2 Å². The van der Waals surface area contributed by atoms with Gasteiger partial charge in [-0.25, -0.2) is 0 Å². The summed E-state index contributed by atoms with van der Waals surface area (Å²) in [5.41, 5.74) is 0.0488. The molecule has 114 valence electrons. The zero-order valence-corrected chi connectivity index (χ0v) is 12.5. The molecule has 6 heteroatoms. The smallest absolute Gasteiger partial charge is 0.289 e. The van der Waals surface area contributed by atoms with Gasteiger partial charge in [0, 0.05) is 15.6 Å². The molecule has 0 atom stereocenters. The first-order chi connectivity index (χ1) is 10.3. The van der Waals surface area contributed by atoms with Gasteiger partial charge in [0.1, 0.15) is 0 Å². The van der Waals surface area contributed by atoms with Crippen molar-refractivity contribution in [2.45, 2.75) is 6.18 Å². The molecule has 0 aromatic heterocycles. The normalized spacial score (nSPS) is 11.9. The van der Waals surface area contributed by atoms with Crippen molar-refractivity contribution >= 4 is 35.1 Å². The van der Waals surface area contributed by atoms with Crippen LogP contribution in [0.4, 0.5) is 13.2 Å². The fourth-order valence-corrected chi connectivity index (χ4v) is 2.27. The fraction of sp³-hybridized carbons (Fsp3) is 0.0625. The van der Waals surface area contributed by atoms with Crippen LogP contribution in [0.5, 0.6) is 0 Å². The molecule has 0 saturated heterocycles. The minimum Gasteiger partial charge on any atom is -0.289 e. The number of hydrogen-bond donors (Lipinski definition) is 0. The zero-order chi connectivity index (χ0) is 16.3. The number of allylic oxidation sites excluding steroid dienone is 1. The van der Waals surface area contributed by atoms with Crippen LogP contribution in [0.15, 0.2) is 48.5 Å². The molecule has 0 spiro atoms. The van der Waals surface area contributed by atoms with Crippen LogP contribution in [0.3, 0.4) is 0 Å². The van der Waals surface area contributed by atoms with Crippen molar-refractivity contribution < 1.29 is 18.0 Å². The second-order valence-corrected chi connectivity index (χ2v) is 5.35. The minimum atomic E-state index is -4.38. The molecule has 0 radical (unpaired) electrons. The van der Waals surface area contributed by atoms with Crippen molar-refractivity contribution in [1.82, 2.24) is 0 Å². The van der Waals surface area contributed by atoms with Crippen LogP contribution in [0.25, 0.3) is 6.08 Å². The van der Waals surface area contributed by atoms with Crippen LogP contribution < -0.4 is 0 Å². The van der Waals surface area contributed by atoms with Gasteiger partial charge in [0.15, 0.2) is 5.78 Å². The molecule has 0 saturated carbocycles. The molecular weight excluding hydrogens is 336 g/mol. The number of benzene rings is 2. The summed E-state index contributed by atoms with van der Waals surface area (Å²) in [4.78, 5) is 12.0. The van der Waals surface area contributed by atoms with Crippen molar-refractivity contribution in [3.63, 3.8) is 0 Å². The summed E-state index contributed by atoms with van der Waals surface area (Å²) in [6.45, 7) is 0. The Morgan fingerprint density at radius 1 is 0.955 bits per heavy atom. The highest BCUT2D eigenvalue weighted by Crippen LogP contribution is 2.29. The summed E-state index contributed by atoms with van der Waals surface area (Å²) >= 11 is 11.6. The van der Waals surface area contributed by atoms with Crippen LogP contribution >= 0.6 is 23.2 Å². The van der Waals surface area contributed by atoms with Gasteiger partial charge in [-0.2, -0.15) is 13.2 Å². The van der Waals surface area contributed by atoms with Crippen molar-refractivity contribution in [3.8, 4) is 0 Å². The lowest BCUT2D eigenvalue weighted by molar-refractivity contribution is -0.137. The molecule has 0 aliphatic rings. The molecule has 2 rings (SSSR count). The summed E-state index contributed by atoms with van der Waals surface area (Å²) in [5, 5.41) is 0.664. The van der Waals surface area contributed by atoms with Crippen molar-refractivity contribution in [3.05, 3.63) is 75.3 Å². The van der Waals surface area contributed by atoms with E-state index in [0.717, 1.165) is 12.1 Å². The van der Waals surface area contributed by atoms with Crippen LogP contribution in [-0.4, -0.2) is 5.78 Å². The maximum atomic E-state index is 12.4. The van der Waals surface area contributed by atoms with Crippen molar-refractivity contribution in [1.29, 1.82) is 0 Å². The first-order valence-corrected chi connectivity index (χ1v) is 6.87. The Morgan fingerprint density at radius 2 is 1.50 bits per heavy atom. The number of rotatable bonds is 3. The monoisotopic (exact) mass is 344 g/mol. The van der Waals surface area contributed by atoms with Gasteiger partial charge in [-0.3, -0.25) is 4.79 Å². The maximum Gasteiger partial charge on any atom is 0.416 e. The molecule has 0 fully saturated rings. The third-order valence-corrected chi connectivity index (χ3v) is 3.25. The van der Waals surface area contributed by atoms with Gasteiger partial charge in [0.05, 0.1) is 5.56 Å². The van der Waals surface area contributed by atoms with E-state index >= 15 is 0 Å². The second kappa shape index (κ2) is 6.55. The predicted octanol–water partition coefficient (Wildman–Crippen LogP) is 5.91. The first-order valence-electron chi connectivity index (χ1n) is 6.11. The molecule has 2 aromatic carbocycles. The summed E-state index contributed by atoms with van der Waals surface area (Å²) in [6.07, 6.45) is -1.70. The van der Waals surface area contributed by atoms with Crippen LogP contribution in [0.2, 0.25) is 10.0 Å². The van der Waals surface area contributed by atoms with Crippen molar-refractivity contribution in [2.75, 3.05) is 0 Å². The largest absolute Gasteiger partial charge is 0.416 e. The van der Waals surface area contributed by atoms with E-state index < -0.39 is 11.7 Å². The molecule has 0 aliphatic heterocycles. The fourth-order valence-electron chi connectivity index (χ4n) is 1.75. The number of halogens is 5. The highest BCUT2D eigenvalue weighted by molar-refractivity contribution is 6.35. The number of carbonyl (C=O) groups is 1. The Balaban J connectivity index is 2.16. The maximum absolute atomic E-state index is 12.4. The SMILES string of the molecule is O=C(C=Cc1ccc(C(F)(F)F)cc1)c1cc(Cl)cc(Cl)c1. The second-order valence-electron chi connectivity index (χ2n) is 4.48. The minimum absolute atomic E-state index is 0.306. The first kappa shape index (κ1) is 16.6. The summed E-state index contributed by atoms with van der Waals surface area (Å²) in [7, 11) is 0. The van der Waals surface area contributed by atoms with Gasteiger partial charge in [0.25, 0.3) is 0 Å². The summed E-state index contributed by atoms with van der Waals surface area (Å²) in [6, 6.07) is 8.93. The molecule has 0 amide bonds. The Labute approximate surface area is 135 Å². The van der Waals surface area contributed by atoms with Gasteiger partial charge in [-0.1, -0.05) is 41.4 Å². The molecule has 0 unspecified atom stereocenters. The molecule has 0 N–H and O–H groups in total. The number of ketones is 1. The zero-order valence-electron chi connectivity index (χ0n) is 11.0. The molecule has 0 heterocycles. The van der Waals surface area contributed by atoms with Gasteiger partial charge >= 0.3 is 6.18 Å². The third kappa shape index (κ3) is 4.36. The van der Waals surface area contributed by atoms with E-state index in [1.165, 1.54) is 42.5 Å². The molecule has 0 bridgehead atoms. The topological polar surface area (TPSA) is 17.1 Å². The van der Waals surface area contributed by atoms with Gasteiger partial charge in [0.2, 0.25) is 0 Å². The van der Waals surface area contributed by atoms with E-state index in [2.05, 4.69) is 0 Å². The molecule has 2 aromatic rings. The van der Waals surface area contributed by atoms with Crippen LogP contribution in [-0.2, 0) is 6.18 Å². The Hall–Kier alpha value is -1.78. The average molecular weight is 345 g/mol. The highest BCUT2D eigenvalue weighted by atomic mass is 35.5. The quantitative estimate of drug-likeness (QED) is 0.499. The summed E-state index contributed by atoms with van der Waals surface area (Å²) in [5.74, 6) is -0.343. The van der Waals surface area contributed by atoms with E-state index in [1.807, 2.05) is 0 Å². The molecule has 0 aliphatic carbocycles. The summed E-state index contributed by atoms with van der Waals surface area (Å²) < 4.78 is 37.3. The third-order valence-electron chi connectivity index (χ3n) is 2.81. The highest BCUT2D eigenvalue weighted by Gasteiger charge is 2.29. The number of carbonyl (C=O) groups excluding carboxylic acids is 1. The van der Waals surface area contributed by atoms with E-state index in [-0.39, 0.29) is 5.78 Å². The van der Waals surface area contributed by atoms with E-state index in [9.17, 15) is 18.0 Å². The van der Waals surface area contributed by atoms with Crippen molar-refractivity contribution in [2.24, 2.45) is 0 Å². The molecular formula is C16H9Cl2F3O. The predicted molar refractivity (Wildman–Crippen MR) is 81.3 cm³/mol. The van der Waals surface area contributed by atoms with Gasteiger partial charge < -0.3 is 0 Å². The number of alkyl halides is 3. The van der Waals surface area contributed by atoms with E-state index in [0.29, 0.717) is 21.2 Å². The Bertz CT molecular complexity index is 699. The van der Waals surface area contributed by atoms with Crippen LogP contribution in [0, 0.1) is 0 Å². The van der Waals surface area contributed by atoms with Crippen LogP contribution in [0.1, 0.15) is 21.5 Å². The average Bonchev–Trinajstić information content (AvgIpc) is 2.43. The number of hydrogen-bond acceptors (Lipinski definition) is 1. The Kier molecular flexibility index (Phi) is 4.94. The van der Waals surface area contributed by atoms with E-state index in [1.54, 1.807) is 0 Å². The lowest BCUT2D eigenvalue weighted by Crippen LogP contribution is -2.04. The molecule has 1 nitrogen and oxygen atoms in total.